The summed E-state index contributed by atoms with van der Waals surface area (Å²) in [6, 6.07) is 0. The van der Waals surface area contributed by atoms with Gasteiger partial charge in [0.1, 0.15) is 0 Å². The van der Waals surface area contributed by atoms with Gasteiger partial charge in [0.2, 0.25) is 11.8 Å². The molecular formula is C17H27N5O3. The van der Waals surface area contributed by atoms with Gasteiger partial charge in [-0.1, -0.05) is 6.92 Å². The van der Waals surface area contributed by atoms with Crippen LogP contribution < -0.4 is 5.73 Å². The lowest BCUT2D eigenvalue weighted by molar-refractivity contribution is -0.130. The summed E-state index contributed by atoms with van der Waals surface area (Å²) in [5.74, 6) is -1.35. The normalized spacial score (nSPS) is 18.2. The first-order valence-electron chi connectivity index (χ1n) is 8.64. The minimum absolute atomic E-state index is 0.122. The summed E-state index contributed by atoms with van der Waals surface area (Å²) in [6.45, 7) is 9.20. The van der Waals surface area contributed by atoms with E-state index in [1.54, 1.807) is 9.80 Å². The van der Waals surface area contributed by atoms with Crippen LogP contribution in [0.15, 0.2) is 0 Å². The molecule has 2 N–H and O–H groups in total. The first-order chi connectivity index (χ1) is 11.8. The number of amides is 3. The molecule has 3 amide bonds. The second-order valence-electron chi connectivity index (χ2n) is 6.58. The van der Waals surface area contributed by atoms with Gasteiger partial charge in [0.25, 0.3) is 5.91 Å². The van der Waals surface area contributed by atoms with Crippen molar-refractivity contribution >= 4 is 17.7 Å². The lowest BCUT2D eigenvalue weighted by atomic mass is 10.1. The highest BCUT2D eigenvalue weighted by molar-refractivity contribution is 5.96. The molecular weight excluding hydrogens is 322 g/mol. The molecule has 1 unspecified atom stereocenters. The molecule has 0 aliphatic carbocycles. The molecule has 25 heavy (non-hydrogen) atoms. The van der Waals surface area contributed by atoms with E-state index in [2.05, 4.69) is 12.0 Å². The van der Waals surface area contributed by atoms with Crippen molar-refractivity contribution in [1.29, 1.82) is 0 Å². The van der Waals surface area contributed by atoms with E-state index < -0.39 is 11.8 Å². The molecule has 0 saturated carbocycles. The molecule has 8 heteroatoms. The molecule has 8 nitrogen and oxygen atoms in total. The molecule has 1 aromatic heterocycles. The predicted octanol–water partition coefficient (Wildman–Crippen LogP) is 0.316. The van der Waals surface area contributed by atoms with Gasteiger partial charge in [-0.2, -0.15) is 5.10 Å². The van der Waals surface area contributed by atoms with Gasteiger partial charge in [0.15, 0.2) is 0 Å². The zero-order valence-corrected chi connectivity index (χ0v) is 15.4. The first kappa shape index (κ1) is 19.0. The zero-order valence-electron chi connectivity index (χ0n) is 15.4. The van der Waals surface area contributed by atoms with E-state index in [-0.39, 0.29) is 24.9 Å². The molecule has 1 atom stereocenters. The second-order valence-corrected chi connectivity index (χ2v) is 6.58. The van der Waals surface area contributed by atoms with Crippen LogP contribution in [-0.4, -0.2) is 63.5 Å². The van der Waals surface area contributed by atoms with Crippen molar-refractivity contribution in [3.05, 3.63) is 17.0 Å². The summed E-state index contributed by atoms with van der Waals surface area (Å²) in [7, 11) is 0. The Balaban J connectivity index is 2.29. The lowest BCUT2D eigenvalue weighted by Crippen LogP contribution is -2.41. The summed E-state index contributed by atoms with van der Waals surface area (Å²) in [4.78, 5) is 39.7. The van der Waals surface area contributed by atoms with Crippen molar-refractivity contribution in [3.63, 3.8) is 0 Å². The van der Waals surface area contributed by atoms with E-state index in [1.807, 2.05) is 18.5 Å². The van der Waals surface area contributed by atoms with E-state index >= 15 is 0 Å². The van der Waals surface area contributed by atoms with Crippen molar-refractivity contribution in [1.82, 2.24) is 19.6 Å². The van der Waals surface area contributed by atoms with Gasteiger partial charge in [0, 0.05) is 45.3 Å². The van der Waals surface area contributed by atoms with Crippen LogP contribution >= 0.6 is 0 Å². The van der Waals surface area contributed by atoms with Crippen molar-refractivity contribution in [3.8, 4) is 0 Å². The van der Waals surface area contributed by atoms with E-state index in [4.69, 9.17) is 5.73 Å². The van der Waals surface area contributed by atoms with Crippen LogP contribution in [0.3, 0.4) is 0 Å². The Morgan fingerprint density at radius 2 is 1.76 bits per heavy atom. The number of carbonyl (C=O) groups is 3. The molecule has 1 aromatic rings. The topological polar surface area (TPSA) is 102 Å². The maximum atomic E-state index is 13.1. The second kappa shape index (κ2) is 7.67. The lowest BCUT2D eigenvalue weighted by Gasteiger charge is -2.22. The van der Waals surface area contributed by atoms with E-state index in [1.165, 1.54) is 6.92 Å². The van der Waals surface area contributed by atoms with Gasteiger partial charge in [-0.05, 0) is 20.3 Å². The maximum Gasteiger partial charge on any atom is 0.257 e. The maximum absolute atomic E-state index is 13.1. The number of hydrogen-bond donors (Lipinski definition) is 1. The molecule has 1 saturated heterocycles. The Morgan fingerprint density at radius 3 is 2.32 bits per heavy atom. The number of rotatable bonds is 4. The number of primary amides is 1. The molecule has 0 spiro atoms. The first-order valence-corrected chi connectivity index (χ1v) is 8.64. The molecule has 2 heterocycles. The summed E-state index contributed by atoms with van der Waals surface area (Å²) < 4.78 is 1.84. The van der Waals surface area contributed by atoms with Crippen LogP contribution in [0.4, 0.5) is 0 Å². The fourth-order valence-electron chi connectivity index (χ4n) is 3.26. The largest absolute Gasteiger partial charge is 0.369 e. The fraction of sp³-hybridized carbons (Fsp3) is 0.647. The van der Waals surface area contributed by atoms with Crippen LogP contribution in [0.1, 0.15) is 42.0 Å². The highest BCUT2D eigenvalue weighted by Gasteiger charge is 2.32. The van der Waals surface area contributed by atoms with Crippen LogP contribution in [0.2, 0.25) is 0 Å². The van der Waals surface area contributed by atoms with Crippen LogP contribution in [-0.2, 0) is 16.1 Å². The summed E-state index contributed by atoms with van der Waals surface area (Å²) >= 11 is 0. The van der Waals surface area contributed by atoms with E-state index in [9.17, 15) is 14.4 Å². The van der Waals surface area contributed by atoms with Gasteiger partial charge in [-0.15, -0.1) is 0 Å². The molecule has 1 aliphatic heterocycles. The third-order valence-corrected chi connectivity index (χ3v) is 4.69. The van der Waals surface area contributed by atoms with Crippen LogP contribution in [0.25, 0.3) is 0 Å². The van der Waals surface area contributed by atoms with E-state index in [0.29, 0.717) is 24.3 Å². The number of nitrogens with two attached hydrogens (primary N) is 1. The molecule has 0 aromatic carbocycles. The number of aryl methyl sites for hydroxylation is 2. The van der Waals surface area contributed by atoms with Gasteiger partial charge in [-0.3, -0.25) is 19.1 Å². The Hall–Kier alpha value is -2.38. The molecule has 0 radical (unpaired) electrons. The van der Waals surface area contributed by atoms with Gasteiger partial charge in [0.05, 0.1) is 17.2 Å². The molecule has 1 fully saturated rings. The number of carbonyl (C=O) groups excluding carboxylic acids is 3. The van der Waals surface area contributed by atoms with Gasteiger partial charge >= 0.3 is 0 Å². The van der Waals surface area contributed by atoms with Crippen LogP contribution in [0.5, 0.6) is 0 Å². The predicted molar refractivity (Wildman–Crippen MR) is 92.8 cm³/mol. The highest BCUT2D eigenvalue weighted by Crippen LogP contribution is 2.19. The SMILES string of the molecule is CCCn1nc(C)c(C(=O)N2CCN(C(C)=O)CC(C(N)=O)C2)c1C. The minimum Gasteiger partial charge on any atom is -0.369 e. The molecule has 1 aliphatic rings. The summed E-state index contributed by atoms with van der Waals surface area (Å²) in [5.41, 5.74) is 7.56. The highest BCUT2D eigenvalue weighted by atomic mass is 16.2. The quantitative estimate of drug-likeness (QED) is 0.845. The summed E-state index contributed by atoms with van der Waals surface area (Å²) in [5, 5.41) is 4.45. The van der Waals surface area contributed by atoms with Crippen molar-refractivity contribution in [2.24, 2.45) is 11.7 Å². The van der Waals surface area contributed by atoms with Crippen molar-refractivity contribution < 1.29 is 14.4 Å². The smallest absolute Gasteiger partial charge is 0.257 e. The average Bonchev–Trinajstić information content (AvgIpc) is 2.73. The van der Waals surface area contributed by atoms with Crippen molar-refractivity contribution in [2.75, 3.05) is 26.2 Å². The Morgan fingerprint density at radius 1 is 1.16 bits per heavy atom. The average molecular weight is 349 g/mol. The van der Waals surface area contributed by atoms with Gasteiger partial charge < -0.3 is 15.5 Å². The Bertz CT molecular complexity index is 682. The molecule has 2 rings (SSSR count). The molecule has 138 valence electrons. The van der Waals surface area contributed by atoms with Crippen molar-refractivity contribution in [2.45, 2.75) is 40.7 Å². The monoisotopic (exact) mass is 349 g/mol. The van der Waals surface area contributed by atoms with Gasteiger partial charge in [-0.25, -0.2) is 0 Å². The van der Waals surface area contributed by atoms with E-state index in [0.717, 1.165) is 18.7 Å². The fourth-order valence-corrected chi connectivity index (χ4v) is 3.26. The molecule has 0 bridgehead atoms. The zero-order chi connectivity index (χ0) is 18.7. The van der Waals surface area contributed by atoms with Crippen LogP contribution in [0, 0.1) is 19.8 Å². The summed E-state index contributed by atoms with van der Waals surface area (Å²) in [6.07, 6.45) is 0.927. The number of aromatic nitrogens is 2. The number of hydrogen-bond acceptors (Lipinski definition) is 4. The Labute approximate surface area is 147 Å². The third-order valence-electron chi connectivity index (χ3n) is 4.69. The minimum atomic E-state index is -0.568. The Kier molecular flexibility index (Phi) is 5.81. The number of nitrogens with zero attached hydrogens (tertiary/aromatic N) is 4. The third kappa shape index (κ3) is 4.00. The standard InChI is InChI=1S/C17H27N5O3/c1-5-6-22-12(3)15(11(2)19-22)17(25)21-8-7-20(13(4)23)9-14(10-21)16(18)24/h14H,5-10H2,1-4H3,(H2,18,24).